The Labute approximate surface area is 149 Å². The summed E-state index contributed by atoms with van der Waals surface area (Å²) in [6.45, 7) is 5.16. The van der Waals surface area contributed by atoms with E-state index >= 15 is 0 Å². The fourth-order valence-corrected chi connectivity index (χ4v) is 4.33. The average molecular weight is 341 g/mol. The fraction of sp³-hybridized carbons (Fsp3) is 0.550. The van der Waals surface area contributed by atoms with Gasteiger partial charge in [-0.1, -0.05) is 12.1 Å². The molecule has 1 fully saturated rings. The minimum absolute atomic E-state index is 0.152. The molecule has 0 unspecified atom stereocenters. The summed E-state index contributed by atoms with van der Waals surface area (Å²) in [4.78, 5) is 6.67. The van der Waals surface area contributed by atoms with Crippen molar-refractivity contribution < 1.29 is 9.47 Å². The SMILES string of the molecule is COc1cccc2c1C1(CCN(CCCn3ccnc3)CC1)OCC2. The van der Waals surface area contributed by atoms with E-state index in [9.17, 15) is 0 Å². The minimum Gasteiger partial charge on any atom is -0.496 e. The number of piperidine rings is 1. The lowest BCUT2D eigenvalue weighted by molar-refractivity contribution is -0.0991. The van der Waals surface area contributed by atoms with Crippen LogP contribution in [0.1, 0.15) is 30.4 Å². The molecule has 0 radical (unpaired) electrons. The van der Waals surface area contributed by atoms with Crippen molar-refractivity contribution in [2.24, 2.45) is 0 Å². The maximum Gasteiger partial charge on any atom is 0.125 e. The Morgan fingerprint density at radius 1 is 1.24 bits per heavy atom. The number of aryl methyl sites for hydroxylation is 1. The van der Waals surface area contributed by atoms with Crippen molar-refractivity contribution in [2.75, 3.05) is 33.4 Å². The van der Waals surface area contributed by atoms with Gasteiger partial charge >= 0.3 is 0 Å². The second kappa shape index (κ2) is 7.18. The van der Waals surface area contributed by atoms with Crippen molar-refractivity contribution in [1.29, 1.82) is 0 Å². The Kier molecular flexibility index (Phi) is 4.77. The molecule has 0 aliphatic carbocycles. The molecule has 0 amide bonds. The number of hydrogen-bond donors (Lipinski definition) is 0. The van der Waals surface area contributed by atoms with Crippen molar-refractivity contribution >= 4 is 0 Å². The number of fused-ring (bicyclic) bond motifs is 2. The third-order valence-corrected chi connectivity index (χ3v) is 5.65. The van der Waals surface area contributed by atoms with E-state index in [4.69, 9.17) is 9.47 Å². The zero-order valence-electron chi connectivity index (χ0n) is 15.0. The van der Waals surface area contributed by atoms with Gasteiger partial charge in [-0.25, -0.2) is 4.98 Å². The summed E-state index contributed by atoms with van der Waals surface area (Å²) in [5.41, 5.74) is 2.56. The molecule has 2 aromatic rings. The van der Waals surface area contributed by atoms with Crippen LogP contribution in [0.15, 0.2) is 36.9 Å². The number of aromatic nitrogens is 2. The Morgan fingerprint density at radius 2 is 2.12 bits per heavy atom. The molecule has 2 aliphatic heterocycles. The van der Waals surface area contributed by atoms with E-state index < -0.39 is 0 Å². The van der Waals surface area contributed by atoms with Crippen LogP contribution >= 0.6 is 0 Å². The van der Waals surface area contributed by atoms with Crippen LogP contribution in [0.3, 0.4) is 0 Å². The van der Waals surface area contributed by atoms with E-state index in [1.165, 1.54) is 11.1 Å². The lowest BCUT2D eigenvalue weighted by Gasteiger charge is -2.45. The maximum absolute atomic E-state index is 6.37. The molecule has 1 spiro atoms. The summed E-state index contributed by atoms with van der Waals surface area (Å²) in [5.74, 6) is 0.991. The molecule has 5 heteroatoms. The van der Waals surface area contributed by atoms with Crippen LogP contribution in [0.4, 0.5) is 0 Å². The van der Waals surface area contributed by atoms with Gasteiger partial charge in [0.25, 0.3) is 0 Å². The van der Waals surface area contributed by atoms with Crippen molar-refractivity contribution in [3.63, 3.8) is 0 Å². The topological polar surface area (TPSA) is 39.5 Å². The van der Waals surface area contributed by atoms with E-state index in [-0.39, 0.29) is 5.60 Å². The second-order valence-electron chi connectivity index (χ2n) is 7.08. The molecule has 0 N–H and O–H groups in total. The molecule has 1 saturated heterocycles. The van der Waals surface area contributed by atoms with Crippen molar-refractivity contribution in [1.82, 2.24) is 14.5 Å². The maximum atomic E-state index is 6.37. The molecule has 4 rings (SSSR count). The summed E-state index contributed by atoms with van der Waals surface area (Å²) in [6.07, 6.45) is 10.0. The van der Waals surface area contributed by atoms with Gasteiger partial charge in [-0.2, -0.15) is 0 Å². The van der Waals surface area contributed by atoms with Gasteiger partial charge in [-0.05, 0) is 43.9 Å². The van der Waals surface area contributed by atoms with Crippen LogP contribution in [-0.4, -0.2) is 47.8 Å². The van der Waals surface area contributed by atoms with Gasteiger partial charge in [0.2, 0.25) is 0 Å². The standard InChI is InChI=1S/C20H27N3O2/c1-24-18-5-2-4-17-6-15-25-20(19(17)18)7-12-22(13-8-20)10-3-11-23-14-9-21-16-23/h2,4-5,9,14,16H,3,6-8,10-13,15H2,1H3. The highest BCUT2D eigenvalue weighted by molar-refractivity contribution is 5.46. The summed E-state index contributed by atoms with van der Waals surface area (Å²) < 4.78 is 14.2. The van der Waals surface area contributed by atoms with Crippen LogP contribution in [0.25, 0.3) is 0 Å². The molecule has 2 aliphatic rings. The van der Waals surface area contributed by atoms with Crippen molar-refractivity contribution in [3.8, 4) is 5.75 Å². The Balaban J connectivity index is 1.40. The number of rotatable bonds is 5. The molecule has 1 aromatic heterocycles. The van der Waals surface area contributed by atoms with E-state index in [0.29, 0.717) is 0 Å². The van der Waals surface area contributed by atoms with Crippen molar-refractivity contribution in [3.05, 3.63) is 48.0 Å². The third kappa shape index (κ3) is 3.31. The molecule has 0 bridgehead atoms. The number of imidazole rings is 1. The van der Waals surface area contributed by atoms with E-state index in [1.54, 1.807) is 7.11 Å². The largest absolute Gasteiger partial charge is 0.496 e. The van der Waals surface area contributed by atoms with Crippen LogP contribution in [0, 0.1) is 0 Å². The normalized spacial score (nSPS) is 19.7. The van der Waals surface area contributed by atoms with Crippen LogP contribution in [0.5, 0.6) is 5.75 Å². The zero-order valence-corrected chi connectivity index (χ0v) is 15.0. The highest BCUT2D eigenvalue weighted by Gasteiger charge is 2.42. The quantitative estimate of drug-likeness (QED) is 0.838. The smallest absolute Gasteiger partial charge is 0.125 e. The molecular weight excluding hydrogens is 314 g/mol. The summed E-state index contributed by atoms with van der Waals surface area (Å²) in [5, 5.41) is 0. The summed E-state index contributed by atoms with van der Waals surface area (Å²) in [7, 11) is 1.77. The molecule has 0 saturated carbocycles. The Hall–Kier alpha value is -1.85. The average Bonchev–Trinajstić information content (AvgIpc) is 3.17. The highest BCUT2D eigenvalue weighted by Crippen LogP contribution is 2.45. The first-order valence-electron chi connectivity index (χ1n) is 9.29. The first-order valence-corrected chi connectivity index (χ1v) is 9.29. The van der Waals surface area contributed by atoms with Gasteiger partial charge in [0.05, 0.1) is 25.6 Å². The summed E-state index contributed by atoms with van der Waals surface area (Å²) >= 11 is 0. The fourth-order valence-electron chi connectivity index (χ4n) is 4.33. The Bertz CT molecular complexity index is 677. The highest BCUT2D eigenvalue weighted by atomic mass is 16.5. The molecule has 134 valence electrons. The number of likely N-dealkylation sites (tertiary alicyclic amines) is 1. The Morgan fingerprint density at radius 3 is 2.88 bits per heavy atom. The van der Waals surface area contributed by atoms with Crippen LogP contribution < -0.4 is 4.74 Å². The zero-order chi connectivity index (χ0) is 17.1. The van der Waals surface area contributed by atoms with Gasteiger partial charge in [0, 0.05) is 37.6 Å². The van der Waals surface area contributed by atoms with Crippen LogP contribution in [-0.2, 0) is 23.3 Å². The molecule has 0 atom stereocenters. The second-order valence-corrected chi connectivity index (χ2v) is 7.08. The number of methoxy groups -OCH3 is 1. The monoisotopic (exact) mass is 341 g/mol. The predicted molar refractivity (Wildman–Crippen MR) is 96.8 cm³/mol. The van der Waals surface area contributed by atoms with E-state index in [0.717, 1.165) is 64.2 Å². The molecule has 3 heterocycles. The first-order chi connectivity index (χ1) is 12.3. The summed E-state index contributed by atoms with van der Waals surface area (Å²) in [6, 6.07) is 6.41. The van der Waals surface area contributed by atoms with Gasteiger partial charge in [-0.15, -0.1) is 0 Å². The first kappa shape index (κ1) is 16.6. The number of ether oxygens (including phenoxy) is 2. The van der Waals surface area contributed by atoms with Gasteiger partial charge in [0.15, 0.2) is 0 Å². The van der Waals surface area contributed by atoms with Crippen LogP contribution in [0.2, 0.25) is 0 Å². The molecule has 1 aromatic carbocycles. The number of nitrogens with zero attached hydrogens (tertiary/aromatic N) is 3. The van der Waals surface area contributed by atoms with Gasteiger partial charge < -0.3 is 18.9 Å². The van der Waals surface area contributed by atoms with Gasteiger partial charge in [-0.3, -0.25) is 0 Å². The van der Waals surface area contributed by atoms with E-state index in [1.807, 2.05) is 18.7 Å². The number of hydrogen-bond acceptors (Lipinski definition) is 4. The van der Waals surface area contributed by atoms with Crippen molar-refractivity contribution in [2.45, 2.75) is 37.8 Å². The minimum atomic E-state index is -0.152. The lowest BCUT2D eigenvalue weighted by atomic mass is 9.78. The van der Waals surface area contributed by atoms with Gasteiger partial charge in [0.1, 0.15) is 5.75 Å². The predicted octanol–water partition coefficient (Wildman–Crippen LogP) is 2.85. The molecule has 5 nitrogen and oxygen atoms in total. The molecular formula is C20H27N3O2. The molecule has 25 heavy (non-hydrogen) atoms. The van der Waals surface area contributed by atoms with E-state index in [2.05, 4.69) is 32.7 Å². The third-order valence-electron chi connectivity index (χ3n) is 5.65. The number of benzene rings is 1. The lowest BCUT2D eigenvalue weighted by Crippen LogP contribution is -2.47.